The van der Waals surface area contributed by atoms with Gasteiger partial charge in [0.15, 0.2) is 23.0 Å². The molecule has 0 aliphatic rings. The quantitative estimate of drug-likeness (QED) is 0.270. The van der Waals surface area contributed by atoms with E-state index in [0.29, 0.717) is 47.2 Å². The van der Waals surface area contributed by atoms with Gasteiger partial charge < -0.3 is 34.3 Å². The maximum absolute atomic E-state index is 10.1. The van der Waals surface area contributed by atoms with Crippen molar-refractivity contribution in [3.05, 3.63) is 35.4 Å². The monoisotopic (exact) mass is 503 g/mol. The second-order valence-electron chi connectivity index (χ2n) is 6.12. The Morgan fingerprint density at radius 2 is 1.12 bits per heavy atom. The molecule has 3 N–H and O–H groups in total. The van der Waals surface area contributed by atoms with Gasteiger partial charge in [0.2, 0.25) is 0 Å². The molecule has 0 spiro atoms. The Kier molecular flexibility index (Phi) is 13.8. The number of carboxylic acid groups (broad SMARTS) is 1. The molecule has 0 unspecified atom stereocenters. The molecule has 0 saturated carbocycles. The molecule has 0 amide bonds. The molecule has 0 aliphatic carbocycles. The van der Waals surface area contributed by atoms with Crippen LogP contribution in [-0.2, 0) is 21.9 Å². The zero-order valence-electron chi connectivity index (χ0n) is 19.0. The molecular weight excluding hydrogens is 475 g/mol. The summed E-state index contributed by atoms with van der Waals surface area (Å²) in [6, 6.07) is 6.49. The summed E-state index contributed by atoms with van der Waals surface area (Å²) in [5, 5.41) is 27.7. The Bertz CT molecular complexity index is 888. The van der Waals surface area contributed by atoms with Gasteiger partial charge in [0, 0.05) is 59.7 Å². The number of hydrogen-bond acceptors (Lipinski definition) is 9. The minimum absolute atomic E-state index is 0. The molecule has 0 saturated heterocycles. The number of hydrogen-bond donors (Lipinski definition) is 3. The van der Waals surface area contributed by atoms with Crippen molar-refractivity contribution in [1.82, 2.24) is 0 Å². The Hall–Kier alpha value is -3.43. The van der Waals surface area contributed by atoms with Gasteiger partial charge in [-0.2, -0.15) is 0 Å². The molecule has 181 valence electrons. The van der Waals surface area contributed by atoms with Crippen molar-refractivity contribution < 1.29 is 56.1 Å². The fourth-order valence-electron chi connectivity index (χ4n) is 2.39. The summed E-state index contributed by atoms with van der Waals surface area (Å²) in [5.74, 6) is 0.864. The molecule has 0 atom stereocenters. The van der Waals surface area contributed by atoms with Gasteiger partial charge in [0.05, 0.1) is 41.5 Å². The number of aliphatic carboxylic acids is 1. The van der Waals surface area contributed by atoms with Crippen LogP contribution in [0.15, 0.2) is 34.3 Å². The third-order valence-corrected chi connectivity index (χ3v) is 3.89. The fourth-order valence-corrected chi connectivity index (χ4v) is 2.39. The van der Waals surface area contributed by atoms with Crippen LogP contribution in [0.1, 0.15) is 18.1 Å². The Labute approximate surface area is 203 Å². The minimum Gasteiger partial charge on any atom is -0.504 e. The van der Waals surface area contributed by atoms with Crippen molar-refractivity contribution in [2.24, 2.45) is 9.98 Å². The number of carbonyl (C=O) groups is 1. The molecule has 2 aromatic rings. The van der Waals surface area contributed by atoms with Crippen molar-refractivity contribution in [2.75, 3.05) is 41.5 Å². The van der Waals surface area contributed by atoms with Gasteiger partial charge in [-0.15, -0.1) is 0 Å². The first kappa shape index (κ1) is 29.6. The molecule has 0 fully saturated rings. The third kappa shape index (κ3) is 9.71. The van der Waals surface area contributed by atoms with E-state index in [9.17, 15) is 10.2 Å². The van der Waals surface area contributed by atoms with Crippen LogP contribution in [0.4, 0.5) is 0 Å². The van der Waals surface area contributed by atoms with Gasteiger partial charge in [-0.05, 0) is 12.1 Å². The van der Waals surface area contributed by atoms with Crippen molar-refractivity contribution >= 4 is 18.4 Å². The summed E-state index contributed by atoms with van der Waals surface area (Å²) in [6.07, 6.45) is 3.06. The third-order valence-electron chi connectivity index (χ3n) is 3.89. The molecule has 0 aromatic heterocycles. The van der Waals surface area contributed by atoms with Crippen LogP contribution < -0.4 is 18.9 Å². The van der Waals surface area contributed by atoms with E-state index in [1.54, 1.807) is 24.3 Å². The van der Waals surface area contributed by atoms with Gasteiger partial charge >= 0.3 is 0 Å². The maximum Gasteiger partial charge on any atom is 0.300 e. The number of nitrogens with zero attached hydrogens (tertiary/aromatic N) is 2. The SMILES string of the molecule is CC(=O)O.COc1cc(C=NCCN=Cc2cc(OC)cc(OC)c2O)c(O)c(OC)c1.[Mn]. The largest absolute Gasteiger partial charge is 0.504 e. The fraction of sp³-hybridized carbons (Fsp3) is 0.318. The zero-order chi connectivity index (χ0) is 24.1. The van der Waals surface area contributed by atoms with Crippen LogP contribution in [0, 0.1) is 0 Å². The van der Waals surface area contributed by atoms with Crippen molar-refractivity contribution in [2.45, 2.75) is 6.92 Å². The number of ether oxygens (including phenoxy) is 4. The van der Waals surface area contributed by atoms with Gasteiger partial charge in [-0.1, -0.05) is 0 Å². The zero-order valence-corrected chi connectivity index (χ0v) is 20.2. The van der Waals surface area contributed by atoms with E-state index in [0.717, 1.165) is 6.92 Å². The molecule has 10 nitrogen and oxygen atoms in total. The number of phenolic OH excluding ortho intramolecular Hbond substituents is 2. The van der Waals surface area contributed by atoms with Crippen LogP contribution in [0.5, 0.6) is 34.5 Å². The van der Waals surface area contributed by atoms with Gasteiger partial charge in [0.25, 0.3) is 5.97 Å². The van der Waals surface area contributed by atoms with Gasteiger partial charge in [0.1, 0.15) is 11.5 Å². The number of carboxylic acids is 1. The number of aromatic hydroxyl groups is 2. The van der Waals surface area contributed by atoms with Crippen molar-refractivity contribution in [3.8, 4) is 34.5 Å². The summed E-state index contributed by atoms with van der Waals surface area (Å²) in [6.45, 7) is 1.86. The van der Waals surface area contributed by atoms with E-state index in [4.69, 9.17) is 28.8 Å². The number of methoxy groups -OCH3 is 4. The molecule has 2 aromatic carbocycles. The number of aliphatic imine (C=N–C) groups is 2. The summed E-state index contributed by atoms with van der Waals surface area (Å²) >= 11 is 0. The van der Waals surface area contributed by atoms with Crippen LogP contribution in [0.2, 0.25) is 0 Å². The van der Waals surface area contributed by atoms with Crippen molar-refractivity contribution in [1.29, 1.82) is 0 Å². The molecule has 0 heterocycles. The molecule has 1 radical (unpaired) electrons. The molecule has 33 heavy (non-hydrogen) atoms. The first-order valence-electron chi connectivity index (χ1n) is 9.36. The topological polar surface area (TPSA) is 139 Å². The maximum atomic E-state index is 10.1. The predicted octanol–water partition coefficient (Wildman–Crippen LogP) is 2.76. The Morgan fingerprint density at radius 1 is 0.788 bits per heavy atom. The smallest absolute Gasteiger partial charge is 0.300 e. The number of benzene rings is 2. The molecule has 11 heteroatoms. The summed E-state index contributed by atoms with van der Waals surface area (Å²) in [4.78, 5) is 17.5. The van der Waals surface area contributed by atoms with E-state index in [1.165, 1.54) is 40.9 Å². The minimum atomic E-state index is -0.833. The Balaban J connectivity index is 0.00000189. The van der Waals surface area contributed by atoms with Crippen molar-refractivity contribution in [3.63, 3.8) is 0 Å². The van der Waals surface area contributed by atoms with Gasteiger partial charge in [-0.3, -0.25) is 14.8 Å². The van der Waals surface area contributed by atoms with E-state index < -0.39 is 5.97 Å². The van der Waals surface area contributed by atoms with Crippen LogP contribution in [0.25, 0.3) is 0 Å². The Morgan fingerprint density at radius 3 is 1.39 bits per heavy atom. The number of phenols is 2. The van der Waals surface area contributed by atoms with E-state index in [2.05, 4.69) is 9.98 Å². The second kappa shape index (κ2) is 15.4. The summed E-state index contributed by atoms with van der Waals surface area (Å²) in [5.41, 5.74) is 0.964. The average molecular weight is 503 g/mol. The van der Waals surface area contributed by atoms with E-state index in [1.807, 2.05) is 0 Å². The molecule has 0 aliphatic heterocycles. The summed E-state index contributed by atoms with van der Waals surface area (Å²) < 4.78 is 20.6. The first-order valence-corrected chi connectivity index (χ1v) is 9.36. The number of rotatable bonds is 9. The second-order valence-corrected chi connectivity index (χ2v) is 6.12. The van der Waals surface area contributed by atoms with Crippen LogP contribution >= 0.6 is 0 Å². The summed E-state index contributed by atoms with van der Waals surface area (Å²) in [7, 11) is 6.00. The standard InChI is InChI=1S/C20H24N2O6.C2H4O2.Mn/c1-25-15-7-13(19(23)17(9-15)27-3)11-21-5-6-22-12-14-8-16(26-2)10-18(28-4)20(14)24;1-2(3)4;/h7-12,23-24H,5-6H2,1-4H3;1H3,(H,3,4);. The van der Waals surface area contributed by atoms with E-state index in [-0.39, 0.29) is 28.6 Å². The van der Waals surface area contributed by atoms with E-state index >= 15 is 0 Å². The predicted molar refractivity (Wildman–Crippen MR) is 121 cm³/mol. The van der Waals surface area contributed by atoms with Gasteiger partial charge in [-0.25, -0.2) is 0 Å². The molecular formula is C22H28MnN2O8. The van der Waals surface area contributed by atoms with Crippen LogP contribution in [-0.4, -0.2) is 75.2 Å². The first-order chi connectivity index (χ1) is 15.3. The molecule has 0 bridgehead atoms. The van der Waals surface area contributed by atoms with Crippen LogP contribution in [0.3, 0.4) is 0 Å². The average Bonchev–Trinajstić information content (AvgIpc) is 2.77. The normalized spacial score (nSPS) is 10.2. The molecule has 2 rings (SSSR count).